The molecule has 0 saturated heterocycles. The first-order chi connectivity index (χ1) is 6.02. The van der Waals surface area contributed by atoms with Crippen molar-refractivity contribution in [1.82, 2.24) is 9.78 Å². The van der Waals surface area contributed by atoms with E-state index in [1.165, 1.54) is 36.2 Å². The molecular formula is C11H18N2. The SMILES string of the molecule is Cc1nn(C)c2c1CCCC2(C)C. The summed E-state index contributed by atoms with van der Waals surface area (Å²) >= 11 is 0. The van der Waals surface area contributed by atoms with E-state index in [4.69, 9.17) is 0 Å². The largest absolute Gasteiger partial charge is 0.272 e. The van der Waals surface area contributed by atoms with Gasteiger partial charge in [0.05, 0.1) is 5.69 Å². The van der Waals surface area contributed by atoms with E-state index in [-0.39, 0.29) is 0 Å². The molecule has 1 aromatic rings. The topological polar surface area (TPSA) is 17.8 Å². The minimum atomic E-state index is 0.323. The molecule has 0 radical (unpaired) electrons. The molecular weight excluding hydrogens is 160 g/mol. The molecule has 13 heavy (non-hydrogen) atoms. The highest BCUT2D eigenvalue weighted by Crippen LogP contribution is 2.37. The lowest BCUT2D eigenvalue weighted by Gasteiger charge is -2.30. The summed E-state index contributed by atoms with van der Waals surface area (Å²) in [5.74, 6) is 0. The van der Waals surface area contributed by atoms with Gasteiger partial charge in [0.2, 0.25) is 0 Å². The first-order valence-electron chi connectivity index (χ1n) is 5.05. The van der Waals surface area contributed by atoms with E-state index >= 15 is 0 Å². The van der Waals surface area contributed by atoms with Gasteiger partial charge in [-0.1, -0.05) is 13.8 Å². The molecule has 0 N–H and O–H groups in total. The third kappa shape index (κ3) is 1.19. The van der Waals surface area contributed by atoms with Gasteiger partial charge in [0.15, 0.2) is 0 Å². The molecule has 1 heterocycles. The molecule has 1 aromatic heterocycles. The van der Waals surface area contributed by atoms with Crippen LogP contribution in [-0.2, 0) is 18.9 Å². The summed E-state index contributed by atoms with van der Waals surface area (Å²) in [6.45, 7) is 6.78. The number of aromatic nitrogens is 2. The van der Waals surface area contributed by atoms with Crippen molar-refractivity contribution < 1.29 is 0 Å². The molecule has 2 rings (SSSR count). The Balaban J connectivity index is 2.62. The molecule has 2 nitrogen and oxygen atoms in total. The van der Waals surface area contributed by atoms with Crippen LogP contribution in [0.2, 0.25) is 0 Å². The van der Waals surface area contributed by atoms with Gasteiger partial charge < -0.3 is 0 Å². The van der Waals surface area contributed by atoms with Gasteiger partial charge in [0.1, 0.15) is 0 Å². The summed E-state index contributed by atoms with van der Waals surface area (Å²) in [4.78, 5) is 0. The molecule has 0 aromatic carbocycles. The molecule has 0 fully saturated rings. The monoisotopic (exact) mass is 178 g/mol. The van der Waals surface area contributed by atoms with Crippen LogP contribution in [0.25, 0.3) is 0 Å². The number of rotatable bonds is 0. The molecule has 2 heteroatoms. The lowest BCUT2D eigenvalue weighted by molar-refractivity contribution is 0.401. The van der Waals surface area contributed by atoms with E-state index in [1.54, 1.807) is 0 Å². The molecule has 1 aliphatic carbocycles. The van der Waals surface area contributed by atoms with E-state index in [1.807, 2.05) is 0 Å². The predicted octanol–water partition coefficient (Wildman–Crippen LogP) is 2.34. The maximum absolute atomic E-state index is 4.50. The second-order valence-corrected chi connectivity index (χ2v) is 4.77. The Morgan fingerprint density at radius 2 is 2.08 bits per heavy atom. The van der Waals surface area contributed by atoms with E-state index in [0.29, 0.717) is 5.41 Å². The van der Waals surface area contributed by atoms with Crippen LogP contribution in [0.1, 0.15) is 43.6 Å². The van der Waals surface area contributed by atoms with Crippen LogP contribution in [0.5, 0.6) is 0 Å². The number of aryl methyl sites for hydroxylation is 2. The number of fused-ring (bicyclic) bond motifs is 1. The lowest BCUT2D eigenvalue weighted by atomic mass is 9.76. The van der Waals surface area contributed by atoms with Gasteiger partial charge >= 0.3 is 0 Å². The van der Waals surface area contributed by atoms with E-state index in [0.717, 1.165) is 0 Å². The van der Waals surface area contributed by atoms with Gasteiger partial charge in [-0.3, -0.25) is 4.68 Å². The van der Waals surface area contributed by atoms with Gasteiger partial charge in [0.25, 0.3) is 0 Å². The number of hydrogen-bond acceptors (Lipinski definition) is 1. The first-order valence-corrected chi connectivity index (χ1v) is 5.05. The van der Waals surface area contributed by atoms with Gasteiger partial charge in [-0.25, -0.2) is 0 Å². The number of nitrogens with zero attached hydrogens (tertiary/aromatic N) is 2. The van der Waals surface area contributed by atoms with Crippen molar-refractivity contribution in [3.8, 4) is 0 Å². The Morgan fingerprint density at radius 3 is 2.69 bits per heavy atom. The fourth-order valence-electron chi connectivity index (χ4n) is 2.67. The van der Waals surface area contributed by atoms with Gasteiger partial charge in [-0.2, -0.15) is 5.10 Å². The first kappa shape index (κ1) is 8.79. The van der Waals surface area contributed by atoms with Crippen molar-refractivity contribution in [1.29, 1.82) is 0 Å². The van der Waals surface area contributed by atoms with Gasteiger partial charge in [-0.15, -0.1) is 0 Å². The lowest BCUT2D eigenvalue weighted by Crippen LogP contribution is -2.26. The van der Waals surface area contributed by atoms with Crippen molar-refractivity contribution in [2.24, 2.45) is 7.05 Å². The third-order valence-corrected chi connectivity index (χ3v) is 3.22. The minimum absolute atomic E-state index is 0.323. The van der Waals surface area contributed by atoms with Crippen LogP contribution in [0.3, 0.4) is 0 Å². The summed E-state index contributed by atoms with van der Waals surface area (Å²) < 4.78 is 2.07. The van der Waals surface area contributed by atoms with Crippen LogP contribution < -0.4 is 0 Å². The van der Waals surface area contributed by atoms with Crippen molar-refractivity contribution in [2.45, 2.75) is 45.4 Å². The van der Waals surface area contributed by atoms with E-state index in [2.05, 4.69) is 37.6 Å². The predicted molar refractivity (Wildman–Crippen MR) is 53.9 cm³/mol. The van der Waals surface area contributed by atoms with Crippen LogP contribution in [-0.4, -0.2) is 9.78 Å². The van der Waals surface area contributed by atoms with E-state index in [9.17, 15) is 0 Å². The molecule has 0 spiro atoms. The molecule has 0 amide bonds. The number of hydrogen-bond donors (Lipinski definition) is 0. The van der Waals surface area contributed by atoms with Crippen molar-refractivity contribution >= 4 is 0 Å². The van der Waals surface area contributed by atoms with Crippen molar-refractivity contribution in [3.63, 3.8) is 0 Å². The van der Waals surface area contributed by atoms with Crippen LogP contribution in [0.15, 0.2) is 0 Å². The molecule has 0 unspecified atom stereocenters. The summed E-state index contributed by atoms with van der Waals surface area (Å²) in [6, 6.07) is 0. The van der Waals surface area contributed by atoms with Crippen LogP contribution in [0.4, 0.5) is 0 Å². The Labute approximate surface area is 80.0 Å². The van der Waals surface area contributed by atoms with Crippen LogP contribution >= 0.6 is 0 Å². The Hall–Kier alpha value is -0.790. The van der Waals surface area contributed by atoms with E-state index < -0.39 is 0 Å². The highest BCUT2D eigenvalue weighted by Gasteiger charge is 2.31. The smallest absolute Gasteiger partial charge is 0.0628 e. The summed E-state index contributed by atoms with van der Waals surface area (Å²) in [6.07, 6.45) is 3.82. The molecule has 0 aliphatic heterocycles. The summed E-state index contributed by atoms with van der Waals surface area (Å²) in [5.41, 5.74) is 4.50. The Bertz CT molecular complexity index is 334. The quantitative estimate of drug-likeness (QED) is 0.596. The molecule has 0 atom stereocenters. The highest BCUT2D eigenvalue weighted by atomic mass is 15.3. The molecule has 72 valence electrons. The molecule has 0 saturated carbocycles. The van der Waals surface area contributed by atoms with Gasteiger partial charge in [0, 0.05) is 18.2 Å². The summed E-state index contributed by atoms with van der Waals surface area (Å²) in [7, 11) is 2.07. The normalized spacial score (nSPS) is 20.0. The fourth-order valence-corrected chi connectivity index (χ4v) is 2.67. The van der Waals surface area contributed by atoms with Crippen LogP contribution in [0, 0.1) is 6.92 Å². The zero-order valence-electron chi connectivity index (χ0n) is 9.02. The zero-order valence-corrected chi connectivity index (χ0v) is 9.02. The fraction of sp³-hybridized carbons (Fsp3) is 0.727. The zero-order chi connectivity index (χ0) is 9.64. The maximum Gasteiger partial charge on any atom is 0.0628 e. The molecule has 1 aliphatic rings. The maximum atomic E-state index is 4.50. The second-order valence-electron chi connectivity index (χ2n) is 4.77. The summed E-state index contributed by atoms with van der Waals surface area (Å²) in [5, 5.41) is 4.50. The Kier molecular flexibility index (Phi) is 1.76. The average molecular weight is 178 g/mol. The van der Waals surface area contributed by atoms with Gasteiger partial charge in [-0.05, 0) is 31.7 Å². The van der Waals surface area contributed by atoms with Crippen molar-refractivity contribution in [3.05, 3.63) is 17.0 Å². The average Bonchev–Trinajstić information content (AvgIpc) is 2.27. The van der Waals surface area contributed by atoms with Crippen molar-refractivity contribution in [2.75, 3.05) is 0 Å². The standard InChI is InChI=1S/C11H18N2/c1-8-9-6-5-7-11(2,3)10(9)13(4)12-8/h5-7H2,1-4H3. The minimum Gasteiger partial charge on any atom is -0.272 e. The Morgan fingerprint density at radius 1 is 1.38 bits per heavy atom. The third-order valence-electron chi connectivity index (χ3n) is 3.22. The highest BCUT2D eigenvalue weighted by molar-refractivity contribution is 5.33. The second kappa shape index (κ2) is 2.60. The molecule has 0 bridgehead atoms.